The average molecular weight is 273 g/mol. The molecule has 1 saturated heterocycles. The number of carbonyl (C=O) groups is 1. The van der Waals surface area contributed by atoms with Crippen LogP contribution < -0.4 is 0 Å². The standard InChI is InChI=1S/C17H20FNO/c1-2-9-17(10-5-11-17)16(20)19-12-8-15(19)13-6-3-4-7-14(13)18/h2-4,6-7,15H,1,5,8-12H2/t15-/m0/s1. The first kappa shape index (κ1) is 13.3. The van der Waals surface area contributed by atoms with Gasteiger partial charge in [0.1, 0.15) is 5.82 Å². The number of allylic oxidation sites excluding steroid dienone is 1. The first-order valence-corrected chi connectivity index (χ1v) is 7.34. The van der Waals surface area contributed by atoms with Crippen molar-refractivity contribution in [2.45, 2.75) is 38.1 Å². The van der Waals surface area contributed by atoms with Crippen molar-refractivity contribution in [2.75, 3.05) is 6.54 Å². The molecular formula is C17H20FNO. The molecule has 1 aliphatic carbocycles. The van der Waals surface area contributed by atoms with E-state index in [9.17, 15) is 9.18 Å². The third-order valence-corrected chi connectivity index (χ3v) is 4.84. The number of carbonyl (C=O) groups excluding carboxylic acids is 1. The third-order valence-electron chi connectivity index (χ3n) is 4.84. The summed E-state index contributed by atoms with van der Waals surface area (Å²) in [5.41, 5.74) is 0.409. The fourth-order valence-corrected chi connectivity index (χ4v) is 3.39. The molecule has 1 aliphatic heterocycles. The van der Waals surface area contributed by atoms with E-state index in [4.69, 9.17) is 0 Å². The van der Waals surface area contributed by atoms with Crippen LogP contribution in [0, 0.1) is 11.2 Å². The number of nitrogens with zero attached hydrogens (tertiary/aromatic N) is 1. The zero-order chi connectivity index (χ0) is 14.2. The van der Waals surface area contributed by atoms with Gasteiger partial charge < -0.3 is 4.90 Å². The van der Waals surface area contributed by atoms with Crippen molar-refractivity contribution < 1.29 is 9.18 Å². The monoisotopic (exact) mass is 273 g/mol. The van der Waals surface area contributed by atoms with Crippen molar-refractivity contribution in [1.29, 1.82) is 0 Å². The van der Waals surface area contributed by atoms with Crippen molar-refractivity contribution in [2.24, 2.45) is 5.41 Å². The highest BCUT2D eigenvalue weighted by Gasteiger charge is 2.49. The van der Waals surface area contributed by atoms with Gasteiger partial charge in [-0.1, -0.05) is 30.7 Å². The highest BCUT2D eigenvalue weighted by Crippen LogP contribution is 2.49. The Labute approximate surface area is 119 Å². The maximum absolute atomic E-state index is 13.9. The molecule has 0 unspecified atom stereocenters. The predicted molar refractivity (Wildman–Crippen MR) is 76.6 cm³/mol. The minimum absolute atomic E-state index is 0.0778. The highest BCUT2D eigenvalue weighted by atomic mass is 19.1. The maximum atomic E-state index is 13.9. The van der Waals surface area contributed by atoms with Crippen molar-refractivity contribution in [1.82, 2.24) is 4.90 Å². The highest BCUT2D eigenvalue weighted by molar-refractivity contribution is 5.85. The lowest BCUT2D eigenvalue weighted by Gasteiger charge is -2.50. The zero-order valence-electron chi connectivity index (χ0n) is 11.6. The van der Waals surface area contributed by atoms with E-state index in [0.29, 0.717) is 5.56 Å². The van der Waals surface area contributed by atoms with Crippen LogP contribution in [0.25, 0.3) is 0 Å². The summed E-state index contributed by atoms with van der Waals surface area (Å²) in [5.74, 6) is -0.00969. The summed E-state index contributed by atoms with van der Waals surface area (Å²) in [7, 11) is 0. The van der Waals surface area contributed by atoms with Crippen LogP contribution >= 0.6 is 0 Å². The van der Waals surface area contributed by atoms with Crippen LogP contribution in [0.1, 0.15) is 43.7 Å². The minimum Gasteiger partial charge on any atom is -0.335 e. The number of benzene rings is 1. The normalized spacial score (nSPS) is 23.6. The second-order valence-corrected chi connectivity index (χ2v) is 5.95. The van der Waals surface area contributed by atoms with E-state index in [2.05, 4.69) is 6.58 Å². The lowest BCUT2D eigenvalue weighted by molar-refractivity contribution is -0.156. The van der Waals surface area contributed by atoms with E-state index >= 15 is 0 Å². The Morgan fingerprint density at radius 2 is 2.20 bits per heavy atom. The number of likely N-dealkylation sites (tertiary alicyclic amines) is 1. The molecule has 0 bridgehead atoms. The van der Waals surface area contributed by atoms with E-state index in [1.165, 1.54) is 6.07 Å². The van der Waals surface area contributed by atoms with Gasteiger partial charge in [0, 0.05) is 12.1 Å². The molecule has 1 amide bonds. The largest absolute Gasteiger partial charge is 0.335 e. The molecule has 1 aromatic rings. The van der Waals surface area contributed by atoms with Crippen LogP contribution in [0.2, 0.25) is 0 Å². The predicted octanol–water partition coefficient (Wildman–Crippen LogP) is 3.85. The minimum atomic E-state index is -0.244. The van der Waals surface area contributed by atoms with Gasteiger partial charge >= 0.3 is 0 Å². The SMILES string of the molecule is C=CCC1(C(=O)N2CC[C@H]2c2ccccc2F)CCC1. The second-order valence-electron chi connectivity index (χ2n) is 5.95. The fourth-order valence-electron chi connectivity index (χ4n) is 3.39. The first-order valence-electron chi connectivity index (χ1n) is 7.34. The van der Waals surface area contributed by atoms with Crippen LogP contribution in [-0.4, -0.2) is 17.4 Å². The molecule has 0 spiro atoms. The Bertz CT molecular complexity index is 536. The van der Waals surface area contributed by atoms with Gasteiger partial charge in [-0.25, -0.2) is 4.39 Å². The molecule has 1 atom stereocenters. The lowest BCUT2D eigenvalue weighted by Crippen LogP contribution is -2.54. The summed E-state index contributed by atoms with van der Waals surface area (Å²) < 4.78 is 13.9. The Morgan fingerprint density at radius 3 is 2.70 bits per heavy atom. The molecule has 2 aliphatic rings. The van der Waals surface area contributed by atoms with Gasteiger partial charge in [-0.15, -0.1) is 6.58 Å². The fraction of sp³-hybridized carbons (Fsp3) is 0.471. The summed E-state index contributed by atoms with van der Waals surface area (Å²) >= 11 is 0. The second kappa shape index (κ2) is 5.04. The topological polar surface area (TPSA) is 20.3 Å². The van der Waals surface area contributed by atoms with Crippen molar-refractivity contribution in [3.63, 3.8) is 0 Å². The van der Waals surface area contributed by atoms with Gasteiger partial charge in [-0.05, 0) is 31.7 Å². The number of halogens is 1. The summed E-state index contributed by atoms with van der Waals surface area (Å²) in [4.78, 5) is 14.6. The van der Waals surface area contributed by atoms with Crippen molar-refractivity contribution >= 4 is 5.91 Å². The Hall–Kier alpha value is -1.64. The molecule has 1 aromatic carbocycles. The van der Waals surface area contributed by atoms with Crippen molar-refractivity contribution in [3.8, 4) is 0 Å². The Balaban J connectivity index is 1.80. The molecule has 1 saturated carbocycles. The van der Waals surface area contributed by atoms with Crippen LogP contribution in [0.5, 0.6) is 0 Å². The van der Waals surface area contributed by atoms with Crippen LogP contribution in [0.3, 0.4) is 0 Å². The molecule has 3 heteroatoms. The smallest absolute Gasteiger partial charge is 0.229 e. The molecule has 2 fully saturated rings. The lowest BCUT2D eigenvalue weighted by atomic mass is 9.65. The molecule has 20 heavy (non-hydrogen) atoms. The van der Waals surface area contributed by atoms with Crippen molar-refractivity contribution in [3.05, 3.63) is 48.3 Å². The molecular weight excluding hydrogens is 253 g/mol. The van der Waals surface area contributed by atoms with E-state index in [1.54, 1.807) is 12.1 Å². The molecule has 3 rings (SSSR count). The number of amides is 1. The number of hydrogen-bond donors (Lipinski definition) is 0. The molecule has 106 valence electrons. The first-order chi connectivity index (χ1) is 9.68. The van der Waals surface area contributed by atoms with Gasteiger partial charge in [-0.3, -0.25) is 4.79 Å². The third kappa shape index (κ3) is 1.96. The molecule has 0 radical (unpaired) electrons. The molecule has 0 aromatic heterocycles. The van der Waals surface area contributed by atoms with E-state index in [-0.39, 0.29) is 23.2 Å². The Morgan fingerprint density at radius 1 is 1.45 bits per heavy atom. The molecule has 2 nitrogen and oxygen atoms in total. The van der Waals surface area contributed by atoms with Crippen LogP contribution in [-0.2, 0) is 4.79 Å². The summed E-state index contributed by atoms with van der Waals surface area (Å²) in [6.07, 6.45) is 6.44. The number of rotatable bonds is 4. The Kier molecular flexibility index (Phi) is 3.36. The molecule has 1 heterocycles. The van der Waals surface area contributed by atoms with E-state index in [0.717, 1.165) is 38.6 Å². The van der Waals surface area contributed by atoms with Gasteiger partial charge in [0.15, 0.2) is 0 Å². The van der Waals surface area contributed by atoms with Crippen LogP contribution in [0.4, 0.5) is 4.39 Å². The molecule has 0 N–H and O–H groups in total. The van der Waals surface area contributed by atoms with E-state index < -0.39 is 0 Å². The maximum Gasteiger partial charge on any atom is 0.229 e. The summed E-state index contributed by atoms with van der Waals surface area (Å²) in [5, 5.41) is 0. The van der Waals surface area contributed by atoms with Crippen LogP contribution in [0.15, 0.2) is 36.9 Å². The van der Waals surface area contributed by atoms with Gasteiger partial charge in [-0.2, -0.15) is 0 Å². The van der Waals surface area contributed by atoms with Gasteiger partial charge in [0.25, 0.3) is 0 Å². The summed E-state index contributed by atoms with van der Waals surface area (Å²) in [6, 6.07) is 6.71. The van der Waals surface area contributed by atoms with Gasteiger partial charge in [0.2, 0.25) is 5.91 Å². The zero-order valence-corrected chi connectivity index (χ0v) is 11.6. The quantitative estimate of drug-likeness (QED) is 0.763. The van der Waals surface area contributed by atoms with Gasteiger partial charge in [0.05, 0.1) is 11.5 Å². The van der Waals surface area contributed by atoms with E-state index in [1.807, 2.05) is 17.0 Å². The average Bonchev–Trinajstić information content (AvgIpc) is 2.35. The summed E-state index contributed by atoms with van der Waals surface area (Å²) in [6.45, 7) is 4.52. The number of hydrogen-bond acceptors (Lipinski definition) is 1.